The van der Waals surface area contributed by atoms with Crippen LogP contribution >= 0.6 is 0 Å². The van der Waals surface area contributed by atoms with Crippen molar-refractivity contribution in [2.75, 3.05) is 13.3 Å². The third kappa shape index (κ3) is 4.84. The summed E-state index contributed by atoms with van der Waals surface area (Å²) in [6.45, 7) is 7.09. The van der Waals surface area contributed by atoms with Crippen LogP contribution in [0.2, 0.25) is 0 Å². The second kappa shape index (κ2) is 8.26. The number of fused-ring (bicyclic) bond motifs is 1. The molecule has 1 atom stereocenters. The number of hydrogen-bond acceptors (Lipinski definition) is 5. The predicted molar refractivity (Wildman–Crippen MR) is 114 cm³/mol. The molecule has 2 heterocycles. The Bertz CT molecular complexity index is 937. The van der Waals surface area contributed by atoms with E-state index in [1.165, 1.54) is 0 Å². The van der Waals surface area contributed by atoms with E-state index < -0.39 is 0 Å². The van der Waals surface area contributed by atoms with Gasteiger partial charge in [-0.25, -0.2) is 4.79 Å². The maximum atomic E-state index is 12.9. The number of carbonyl (C=O) groups is 1. The number of urea groups is 1. The van der Waals surface area contributed by atoms with Gasteiger partial charge in [-0.05, 0) is 44.5 Å². The normalized spacial score (nSPS) is 17.3. The van der Waals surface area contributed by atoms with Gasteiger partial charge in [-0.15, -0.1) is 0 Å². The molecule has 1 N–H and O–H groups in total. The predicted octanol–water partition coefficient (Wildman–Crippen LogP) is 3.92. The van der Waals surface area contributed by atoms with Gasteiger partial charge in [0.25, 0.3) is 0 Å². The molecule has 30 heavy (non-hydrogen) atoms. The first kappa shape index (κ1) is 20.1. The first-order valence-electron chi connectivity index (χ1n) is 10.1. The van der Waals surface area contributed by atoms with Crippen molar-refractivity contribution in [3.05, 3.63) is 59.7 Å². The van der Waals surface area contributed by atoms with Gasteiger partial charge in [0, 0.05) is 24.1 Å². The van der Waals surface area contributed by atoms with Crippen LogP contribution in [-0.4, -0.2) is 41.6 Å². The van der Waals surface area contributed by atoms with Gasteiger partial charge >= 0.3 is 6.03 Å². The van der Waals surface area contributed by atoms with E-state index in [4.69, 9.17) is 14.3 Å². The number of nitrogens with zero attached hydrogens (tertiary/aromatic N) is 2. The van der Waals surface area contributed by atoms with E-state index >= 15 is 0 Å². The molecule has 0 unspecified atom stereocenters. The van der Waals surface area contributed by atoms with Crippen LogP contribution in [0.1, 0.15) is 38.3 Å². The van der Waals surface area contributed by atoms with Gasteiger partial charge < -0.3 is 24.5 Å². The topological polar surface area (TPSA) is 72.4 Å². The maximum absolute atomic E-state index is 12.9. The molecule has 0 aliphatic carbocycles. The second-order valence-electron chi connectivity index (χ2n) is 8.58. The first-order valence-corrected chi connectivity index (χ1v) is 10.1. The maximum Gasteiger partial charge on any atom is 0.318 e. The van der Waals surface area contributed by atoms with E-state index in [1.807, 2.05) is 69.3 Å². The molecule has 0 bridgehead atoms. The lowest BCUT2D eigenvalue weighted by Gasteiger charge is -2.29. The molecule has 2 aromatic rings. The Labute approximate surface area is 176 Å². The highest BCUT2D eigenvalue weighted by atomic mass is 16.7. The zero-order valence-corrected chi connectivity index (χ0v) is 17.6. The molecule has 0 radical (unpaired) electrons. The molecule has 0 aromatic heterocycles. The van der Waals surface area contributed by atoms with E-state index in [1.54, 1.807) is 4.90 Å². The quantitative estimate of drug-likeness (QED) is 0.813. The van der Waals surface area contributed by atoms with E-state index in [9.17, 15) is 4.79 Å². The molecule has 0 fully saturated rings. The molecule has 7 heteroatoms. The van der Waals surface area contributed by atoms with Crippen LogP contribution in [0, 0.1) is 0 Å². The van der Waals surface area contributed by atoms with E-state index in [-0.39, 0.29) is 24.5 Å². The van der Waals surface area contributed by atoms with Gasteiger partial charge in [-0.1, -0.05) is 35.5 Å². The minimum atomic E-state index is -0.323. The Morgan fingerprint density at radius 3 is 2.67 bits per heavy atom. The minimum absolute atomic E-state index is 0.119. The van der Waals surface area contributed by atoms with Gasteiger partial charge in [0.05, 0.1) is 12.3 Å². The number of carbonyl (C=O) groups excluding carboxylic acids is 1. The zero-order valence-electron chi connectivity index (χ0n) is 17.6. The van der Waals surface area contributed by atoms with Crippen LogP contribution in [-0.2, 0) is 11.4 Å². The van der Waals surface area contributed by atoms with E-state index in [0.29, 0.717) is 25.3 Å². The number of rotatable bonds is 5. The van der Waals surface area contributed by atoms with Gasteiger partial charge in [-0.3, -0.25) is 0 Å². The summed E-state index contributed by atoms with van der Waals surface area (Å²) in [7, 11) is 0. The third-order valence-corrected chi connectivity index (χ3v) is 4.85. The summed E-state index contributed by atoms with van der Waals surface area (Å²) in [5, 5.41) is 7.32. The molecule has 7 nitrogen and oxygen atoms in total. The molecule has 4 rings (SSSR count). The molecule has 158 valence electrons. The Morgan fingerprint density at radius 1 is 1.13 bits per heavy atom. The smallest absolute Gasteiger partial charge is 0.318 e. The summed E-state index contributed by atoms with van der Waals surface area (Å²) in [6.07, 6.45) is 0.410. The molecular weight excluding hydrogens is 382 g/mol. The summed E-state index contributed by atoms with van der Waals surface area (Å²) in [6, 6.07) is 15.6. The molecule has 0 saturated carbocycles. The standard InChI is InChI=1S/C23H27N3O4/c1-23(2,3)24-22(27)26(13-16-7-5-4-6-8-16)14-18-12-19(25-30-18)17-9-10-20-21(11-17)29-15-28-20/h4-11,18H,12-15H2,1-3H3,(H,24,27)/t18-/m0/s1. The highest BCUT2D eigenvalue weighted by Gasteiger charge is 2.29. The number of nitrogens with one attached hydrogen (secondary N) is 1. The Hall–Kier alpha value is -3.22. The van der Waals surface area contributed by atoms with Gasteiger partial charge in [-0.2, -0.15) is 0 Å². The number of amides is 2. The van der Waals surface area contributed by atoms with Crippen LogP contribution in [0.5, 0.6) is 11.5 Å². The summed E-state index contributed by atoms with van der Waals surface area (Å²) >= 11 is 0. The lowest BCUT2D eigenvalue weighted by atomic mass is 10.0. The van der Waals surface area contributed by atoms with E-state index in [2.05, 4.69) is 10.5 Å². The minimum Gasteiger partial charge on any atom is -0.454 e. The molecule has 2 aromatic carbocycles. The van der Waals surface area contributed by atoms with Crippen molar-refractivity contribution in [2.45, 2.75) is 45.4 Å². The highest BCUT2D eigenvalue weighted by Crippen LogP contribution is 2.33. The second-order valence-corrected chi connectivity index (χ2v) is 8.58. The van der Waals surface area contributed by atoms with Crippen molar-refractivity contribution in [2.24, 2.45) is 5.16 Å². The van der Waals surface area contributed by atoms with Crippen LogP contribution in [0.15, 0.2) is 53.7 Å². The third-order valence-electron chi connectivity index (χ3n) is 4.85. The van der Waals surface area contributed by atoms with Crippen molar-refractivity contribution >= 4 is 11.7 Å². The van der Waals surface area contributed by atoms with Crippen molar-refractivity contribution in [1.82, 2.24) is 10.2 Å². The van der Waals surface area contributed by atoms with Crippen molar-refractivity contribution in [3.8, 4) is 11.5 Å². The van der Waals surface area contributed by atoms with E-state index in [0.717, 1.165) is 22.6 Å². The van der Waals surface area contributed by atoms with Crippen molar-refractivity contribution in [3.63, 3.8) is 0 Å². The lowest BCUT2D eigenvalue weighted by Crippen LogP contribution is -2.50. The van der Waals surface area contributed by atoms with Crippen molar-refractivity contribution < 1.29 is 19.1 Å². The molecule has 0 spiro atoms. The van der Waals surface area contributed by atoms with Crippen LogP contribution in [0.3, 0.4) is 0 Å². The number of oxime groups is 1. The Balaban J connectivity index is 1.43. The number of ether oxygens (including phenoxy) is 2. The largest absolute Gasteiger partial charge is 0.454 e. The van der Waals surface area contributed by atoms with Gasteiger partial charge in [0.1, 0.15) is 0 Å². The molecule has 0 saturated heterocycles. The average Bonchev–Trinajstić information content (AvgIpc) is 3.35. The molecule has 2 aliphatic heterocycles. The van der Waals surface area contributed by atoms with Gasteiger partial charge in [0.2, 0.25) is 6.79 Å². The SMILES string of the molecule is CC(C)(C)NC(=O)N(Cc1ccccc1)C[C@@H]1CC(c2ccc3c(c2)OCO3)=NO1. The summed E-state index contributed by atoms with van der Waals surface area (Å²) in [5.41, 5.74) is 2.53. The fraction of sp³-hybridized carbons (Fsp3) is 0.391. The molecular formula is C23H27N3O4. The van der Waals surface area contributed by atoms with Crippen LogP contribution in [0.4, 0.5) is 4.79 Å². The monoisotopic (exact) mass is 409 g/mol. The van der Waals surface area contributed by atoms with Crippen molar-refractivity contribution in [1.29, 1.82) is 0 Å². The summed E-state index contributed by atoms with van der Waals surface area (Å²) < 4.78 is 10.8. The summed E-state index contributed by atoms with van der Waals surface area (Å²) in [4.78, 5) is 20.4. The number of benzene rings is 2. The fourth-order valence-electron chi connectivity index (χ4n) is 3.44. The first-order chi connectivity index (χ1) is 14.4. The summed E-state index contributed by atoms with van der Waals surface area (Å²) in [5.74, 6) is 1.46. The average molecular weight is 409 g/mol. The fourth-order valence-corrected chi connectivity index (χ4v) is 3.44. The van der Waals surface area contributed by atoms with Gasteiger partial charge in [0.15, 0.2) is 17.6 Å². The van der Waals surface area contributed by atoms with Crippen LogP contribution in [0.25, 0.3) is 0 Å². The lowest BCUT2D eigenvalue weighted by molar-refractivity contribution is 0.0580. The Morgan fingerprint density at radius 2 is 1.90 bits per heavy atom. The highest BCUT2D eigenvalue weighted by molar-refractivity contribution is 6.01. The molecule has 2 aliphatic rings. The zero-order chi connectivity index (χ0) is 21.1. The molecule has 2 amide bonds. The van der Waals surface area contributed by atoms with Crippen LogP contribution < -0.4 is 14.8 Å². The number of hydrogen-bond donors (Lipinski definition) is 1. The Kier molecular flexibility index (Phi) is 5.53.